The third kappa shape index (κ3) is 5.59. The van der Waals surface area contributed by atoms with Crippen molar-refractivity contribution >= 4 is 10.8 Å². The van der Waals surface area contributed by atoms with E-state index < -0.39 is 5.41 Å². The Kier molecular flexibility index (Phi) is 8.00. The number of aromatic nitrogens is 3. The zero-order valence-corrected chi connectivity index (χ0v) is 32.9. The van der Waals surface area contributed by atoms with Gasteiger partial charge in [-0.1, -0.05) is 188 Å². The molecule has 2 aliphatic rings. The lowest BCUT2D eigenvalue weighted by molar-refractivity contribution is 0.360. The Hall–Kier alpha value is -8.15. The summed E-state index contributed by atoms with van der Waals surface area (Å²) < 4.78 is 13.8. The smallest absolute Gasteiger partial charge is 0.178 e. The summed E-state index contributed by atoms with van der Waals surface area (Å²) in [5.41, 5.74) is 11.1. The average Bonchev–Trinajstić information content (AvgIpc) is 3.65. The first-order valence-electron chi connectivity index (χ1n) is 20.5. The fraction of sp³-hybridized carbons (Fsp3) is 0.0179. The molecule has 0 bridgehead atoms. The van der Waals surface area contributed by atoms with Crippen molar-refractivity contribution in [2.24, 2.45) is 0 Å². The first-order chi connectivity index (χ1) is 30.2. The fourth-order valence-electron chi connectivity index (χ4n) is 9.33. The molecule has 9 aromatic carbocycles. The van der Waals surface area contributed by atoms with Crippen LogP contribution in [0.3, 0.4) is 0 Å². The molecule has 61 heavy (non-hydrogen) atoms. The molecule has 1 aliphatic carbocycles. The first kappa shape index (κ1) is 34.9. The maximum atomic E-state index is 6.95. The second-order valence-electron chi connectivity index (χ2n) is 15.5. The van der Waals surface area contributed by atoms with E-state index in [1.165, 1.54) is 16.7 Å². The summed E-state index contributed by atoms with van der Waals surface area (Å²) in [6.45, 7) is 0. The van der Waals surface area contributed by atoms with E-state index in [4.69, 9.17) is 24.4 Å². The number of fused-ring (bicyclic) bond motifs is 7. The monoisotopic (exact) mass is 781 g/mol. The van der Waals surface area contributed by atoms with E-state index in [0.717, 1.165) is 61.0 Å². The van der Waals surface area contributed by atoms with Gasteiger partial charge in [0.15, 0.2) is 40.5 Å². The maximum Gasteiger partial charge on any atom is 0.178 e. The second kappa shape index (κ2) is 14.0. The molecule has 0 saturated carbocycles. The van der Waals surface area contributed by atoms with E-state index in [2.05, 4.69) is 164 Å². The average molecular weight is 782 g/mol. The Morgan fingerprint density at radius 1 is 0.328 bits per heavy atom. The van der Waals surface area contributed by atoms with Gasteiger partial charge < -0.3 is 9.47 Å². The highest BCUT2D eigenvalue weighted by Gasteiger charge is 2.48. The molecule has 1 aliphatic heterocycles. The molecule has 12 rings (SSSR count). The van der Waals surface area contributed by atoms with Gasteiger partial charge in [0.25, 0.3) is 0 Å². The molecule has 0 N–H and O–H groups in total. The van der Waals surface area contributed by atoms with Crippen LogP contribution < -0.4 is 9.47 Å². The summed E-state index contributed by atoms with van der Waals surface area (Å²) in [7, 11) is 0. The largest absolute Gasteiger partial charge is 0.449 e. The van der Waals surface area contributed by atoms with Gasteiger partial charge in [-0.3, -0.25) is 0 Å². The lowest BCUT2D eigenvalue weighted by Crippen LogP contribution is -2.28. The van der Waals surface area contributed by atoms with E-state index in [1.807, 2.05) is 48.5 Å². The number of benzene rings is 9. The van der Waals surface area contributed by atoms with Gasteiger partial charge >= 0.3 is 0 Å². The van der Waals surface area contributed by atoms with Gasteiger partial charge in [0.05, 0.1) is 5.41 Å². The molecular formula is C56H35N3O2. The van der Waals surface area contributed by atoms with Crippen molar-refractivity contribution in [2.45, 2.75) is 5.41 Å². The Labute approximate surface area is 353 Å². The quantitative estimate of drug-likeness (QED) is 0.168. The highest BCUT2D eigenvalue weighted by molar-refractivity contribution is 5.92. The van der Waals surface area contributed by atoms with E-state index in [0.29, 0.717) is 34.7 Å². The van der Waals surface area contributed by atoms with Crippen LogP contribution in [0.15, 0.2) is 212 Å². The molecule has 0 fully saturated rings. The van der Waals surface area contributed by atoms with Crippen molar-refractivity contribution in [3.8, 4) is 79.4 Å². The predicted octanol–water partition coefficient (Wildman–Crippen LogP) is 14.0. The van der Waals surface area contributed by atoms with Crippen LogP contribution >= 0.6 is 0 Å². The number of nitrogens with zero attached hydrogens (tertiary/aromatic N) is 3. The zero-order valence-electron chi connectivity index (χ0n) is 32.9. The van der Waals surface area contributed by atoms with Gasteiger partial charge in [0.2, 0.25) is 0 Å². The molecule has 2 heterocycles. The van der Waals surface area contributed by atoms with Crippen LogP contribution in [0.25, 0.3) is 67.2 Å². The van der Waals surface area contributed by atoms with Crippen LogP contribution in [0.4, 0.5) is 0 Å². The van der Waals surface area contributed by atoms with Crippen LogP contribution in [-0.4, -0.2) is 15.0 Å². The topological polar surface area (TPSA) is 57.1 Å². The van der Waals surface area contributed by atoms with E-state index in [-0.39, 0.29) is 0 Å². The van der Waals surface area contributed by atoms with Crippen LogP contribution in [0, 0.1) is 0 Å². The lowest BCUT2D eigenvalue weighted by atomic mass is 9.68. The van der Waals surface area contributed by atoms with E-state index >= 15 is 0 Å². The molecule has 0 radical (unpaired) electrons. The molecule has 5 heteroatoms. The van der Waals surface area contributed by atoms with Crippen LogP contribution in [-0.2, 0) is 5.41 Å². The minimum absolute atomic E-state index is 0.537. The van der Waals surface area contributed by atoms with Crippen LogP contribution in [0.1, 0.15) is 22.3 Å². The maximum absolute atomic E-state index is 6.95. The van der Waals surface area contributed by atoms with Crippen molar-refractivity contribution in [2.75, 3.05) is 0 Å². The van der Waals surface area contributed by atoms with Gasteiger partial charge in [-0.2, -0.15) is 0 Å². The Morgan fingerprint density at radius 2 is 0.902 bits per heavy atom. The minimum atomic E-state index is -0.537. The highest BCUT2D eigenvalue weighted by atomic mass is 16.6. The Balaban J connectivity index is 0.965. The summed E-state index contributed by atoms with van der Waals surface area (Å²) in [5, 5.41) is 2.29. The number of hydrogen-bond acceptors (Lipinski definition) is 5. The van der Waals surface area contributed by atoms with Gasteiger partial charge in [0, 0.05) is 22.3 Å². The Morgan fingerprint density at radius 3 is 1.66 bits per heavy atom. The highest BCUT2D eigenvalue weighted by Crippen LogP contribution is 2.62. The fourth-order valence-corrected chi connectivity index (χ4v) is 9.33. The van der Waals surface area contributed by atoms with E-state index in [1.54, 1.807) is 0 Å². The standard InChI is InChI=1S/C56H35N3O2/c1-4-17-37(18-5-1)53-57-54(40-29-28-36-16-10-11-19-38(36)34-40)59-55(58-53)44-25-13-12-24-43(44)39-30-32-48-50(35-39)60-49-33-31-47-51(52(49)61-48)45-26-14-15-27-46(45)56(47,41-20-6-2-7-21-41)42-22-8-3-9-23-42/h1-35H. The number of hydrogen-bond donors (Lipinski definition) is 0. The third-order valence-corrected chi connectivity index (χ3v) is 12.1. The van der Waals surface area contributed by atoms with Crippen molar-refractivity contribution in [1.82, 2.24) is 15.0 Å². The molecule has 0 atom stereocenters. The first-order valence-corrected chi connectivity index (χ1v) is 20.5. The SMILES string of the molecule is c1ccc(-c2nc(-c3ccc4ccccc4c3)nc(-c3ccccc3-c3ccc4c(c3)Oc3ccc5c(c3O4)-c3ccccc3C5(c3ccccc3)c3ccccc3)n2)cc1. The molecule has 1 aromatic heterocycles. The molecular weight excluding hydrogens is 747 g/mol. The summed E-state index contributed by atoms with van der Waals surface area (Å²) in [6.07, 6.45) is 0. The predicted molar refractivity (Wildman–Crippen MR) is 243 cm³/mol. The molecule has 0 unspecified atom stereocenters. The second-order valence-corrected chi connectivity index (χ2v) is 15.5. The number of rotatable bonds is 6. The van der Waals surface area contributed by atoms with Gasteiger partial charge in [-0.05, 0) is 74.0 Å². The van der Waals surface area contributed by atoms with Gasteiger partial charge in [-0.25, -0.2) is 15.0 Å². The molecule has 0 amide bonds. The summed E-state index contributed by atoms with van der Waals surface area (Å²) in [4.78, 5) is 15.2. The van der Waals surface area contributed by atoms with Crippen LogP contribution in [0.2, 0.25) is 0 Å². The Bertz CT molecular complexity index is 3270. The zero-order chi connectivity index (χ0) is 40.3. The van der Waals surface area contributed by atoms with Gasteiger partial charge in [0.1, 0.15) is 0 Å². The molecule has 0 saturated heterocycles. The minimum Gasteiger partial charge on any atom is -0.449 e. The van der Waals surface area contributed by atoms with Crippen molar-refractivity contribution in [3.63, 3.8) is 0 Å². The van der Waals surface area contributed by atoms with Crippen molar-refractivity contribution < 1.29 is 9.47 Å². The summed E-state index contributed by atoms with van der Waals surface area (Å²) >= 11 is 0. The molecule has 286 valence electrons. The summed E-state index contributed by atoms with van der Waals surface area (Å²) in [5.74, 6) is 4.50. The van der Waals surface area contributed by atoms with Crippen molar-refractivity contribution in [3.05, 3.63) is 235 Å². The summed E-state index contributed by atoms with van der Waals surface area (Å²) in [6, 6.07) is 73.7. The van der Waals surface area contributed by atoms with Crippen LogP contribution in [0.5, 0.6) is 23.0 Å². The van der Waals surface area contributed by atoms with Gasteiger partial charge in [-0.15, -0.1) is 0 Å². The third-order valence-electron chi connectivity index (χ3n) is 12.1. The lowest BCUT2D eigenvalue weighted by Gasteiger charge is -2.34. The van der Waals surface area contributed by atoms with E-state index in [9.17, 15) is 0 Å². The molecule has 5 nitrogen and oxygen atoms in total. The van der Waals surface area contributed by atoms with Crippen molar-refractivity contribution in [1.29, 1.82) is 0 Å². The molecule has 10 aromatic rings. The number of ether oxygens (including phenoxy) is 2. The normalized spacial score (nSPS) is 13.0. The molecule has 0 spiro atoms.